The molecule has 14 aromatic rings. The van der Waals surface area contributed by atoms with Crippen LogP contribution in [-0.4, -0.2) is 138 Å². The first-order valence-electron chi connectivity index (χ1n) is 36.3. The Morgan fingerprint density at radius 3 is 1.50 bits per heavy atom. The molecule has 2 aromatic carbocycles. The zero-order chi connectivity index (χ0) is 81.2. The fourth-order valence-corrected chi connectivity index (χ4v) is 30.6. The summed E-state index contributed by atoms with van der Waals surface area (Å²) in [4.78, 5) is 54.9. The Labute approximate surface area is 736 Å². The normalized spacial score (nSPS) is 12.2. The number of ether oxygens (including phenoxy) is 1. The SMILES string of the molecule is Brc1nc(Br)n2ccccc12.Brc1ncn2ccccc12.C=[C](OCC)[Sn]([CH2]CCC)([CH2]CCC)[CH2]CCC.CC(=O)c1nc(-c2csc3c(F)cccc23)n2ccccc12.CC(=O)c1nc(Br)n2ccccc12.CC(=O)c1ncn2ccccc12.CC1(C)OB(c2csc3c(F)cccc23)OC1(C)C.C[CH-]C.[B]=NS.[Cl-].[Mg+2]. The first-order chi connectivity index (χ1) is 53.1. The van der Waals surface area contributed by atoms with Crippen LogP contribution in [-0.2, 0) is 14.0 Å². The fraction of sp³-hybridized carbons (Fsp3) is 0.305. The van der Waals surface area contributed by atoms with Crippen molar-refractivity contribution in [3.63, 3.8) is 0 Å². The number of ketones is 3. The summed E-state index contributed by atoms with van der Waals surface area (Å²) in [6.45, 7) is 30.8. The molecule has 0 saturated carbocycles. The third-order valence-electron chi connectivity index (χ3n) is 18.2. The second kappa shape index (κ2) is 47.6. The van der Waals surface area contributed by atoms with E-state index in [1.165, 1.54) is 111 Å². The summed E-state index contributed by atoms with van der Waals surface area (Å²) in [5.74, 6) is 0.142. The van der Waals surface area contributed by atoms with E-state index in [0.29, 0.717) is 37.0 Å². The van der Waals surface area contributed by atoms with E-state index in [4.69, 9.17) is 14.0 Å². The van der Waals surface area contributed by atoms with E-state index < -0.39 is 25.5 Å². The molecule has 1 aliphatic heterocycles. The number of hydrogen-bond acceptors (Lipinski definition) is 15. The van der Waals surface area contributed by atoms with Gasteiger partial charge in [-0.15, -0.1) is 22.7 Å². The molecule has 0 amide bonds. The third kappa shape index (κ3) is 25.6. The maximum atomic E-state index is 13.9. The molecular weight excluding hydrogens is 1890 g/mol. The number of fused-ring (bicyclic) bond motifs is 7. The van der Waals surface area contributed by atoms with Crippen LogP contribution >= 0.6 is 99.2 Å². The van der Waals surface area contributed by atoms with Gasteiger partial charge in [0.1, 0.15) is 56.4 Å². The number of thiol groups is 1. The largest absolute Gasteiger partial charge is 2.00 e. The number of halogens is 7. The van der Waals surface area contributed by atoms with Crippen molar-refractivity contribution in [3.8, 4) is 11.4 Å². The van der Waals surface area contributed by atoms with Crippen LogP contribution in [0.2, 0.25) is 13.3 Å². The maximum Gasteiger partial charge on any atom is 2.00 e. The summed E-state index contributed by atoms with van der Waals surface area (Å²) in [6, 6.07) is 39.0. The van der Waals surface area contributed by atoms with Gasteiger partial charge >= 0.3 is 175 Å². The maximum absolute atomic E-state index is 13.9. The van der Waals surface area contributed by atoms with Gasteiger partial charge in [-0.1, -0.05) is 54.6 Å². The minimum Gasteiger partial charge on any atom is -1.00 e. The second-order valence-electron chi connectivity index (χ2n) is 26.6. The van der Waals surface area contributed by atoms with Crippen molar-refractivity contribution in [2.45, 2.75) is 153 Å². The first kappa shape index (κ1) is 97.8. The molecule has 31 heteroatoms. The molecule has 0 atom stereocenters. The molecule has 1 fully saturated rings. The Morgan fingerprint density at radius 2 is 1.00 bits per heavy atom. The monoisotopic (exact) mass is 1980 g/mol. The van der Waals surface area contributed by atoms with Gasteiger partial charge in [-0.2, -0.15) is 13.8 Å². The van der Waals surface area contributed by atoms with E-state index in [-0.39, 0.29) is 75.6 Å². The standard InChI is InChI=1S/C17H11FN2OS.C14H16BFO2S.C9H7BrN2O.C9H8N2O.C7H4Br2N2.C7H5BrN2.C4H7O.3C4H9.C3H7.BHNS.ClH.Mg.Sn/c1-10(21)15-14-7-2-3-8-20(14)17(19-15)12-9-22-16-11(12)5-4-6-13(16)18;1-13(2)14(3,4)18-15(17-13)10-8-19-12-9(10)6-5-7-11(12)16;1-6(13)8-7-4-2-3-5-12(7)9(10)11-8;1-7(12)9-8-4-2-3-5-11(8)6-10-9;8-6-5-3-1-2-4-11(5)7(9)10-6;8-7-6-3-1-2-4-10(6)5-9-7;1-3-5-4-2;3*1-3-4-2;1-3-2;1-2-3;;;/h2-9H,1H3;5-8H,1-4H3;2-5H,1H3;2-6H,1H3;1-4H;1-5H;1,4H2,2H3;3*1,3-4H2,2H3;3H,1-2H3;3H;1H;;/q;;;;;;;;;;-1;;;+2;/p-1. The summed E-state index contributed by atoms with van der Waals surface area (Å²) in [5, 5.41) is 5.51. The minimum absolute atomic E-state index is 0. The minimum atomic E-state index is -2.24. The van der Waals surface area contributed by atoms with Crippen LogP contribution in [0.4, 0.5) is 8.78 Å². The van der Waals surface area contributed by atoms with Gasteiger partial charge in [0.25, 0.3) is 0 Å². The number of nitrogens with zero attached hydrogens (tertiary/aromatic N) is 11. The van der Waals surface area contributed by atoms with Crippen LogP contribution in [0.5, 0.6) is 0 Å². The molecule has 12 aromatic heterocycles. The number of rotatable bonds is 17. The summed E-state index contributed by atoms with van der Waals surface area (Å²) in [5.41, 5.74) is 7.12. The van der Waals surface area contributed by atoms with E-state index in [1.807, 2.05) is 215 Å². The fourth-order valence-electron chi connectivity index (χ4n) is 11.9. The zero-order valence-corrected chi connectivity index (χ0v) is 79.7. The van der Waals surface area contributed by atoms with Crippen LogP contribution in [0.1, 0.15) is 160 Å². The predicted molar refractivity (Wildman–Crippen MR) is 479 cm³/mol. The van der Waals surface area contributed by atoms with Gasteiger partial charge in [0.2, 0.25) is 0 Å². The number of Topliss-reactive ketones (excluding diaryl/α,β-unsaturated/α-hetero) is 3. The number of thiophene rings is 2. The molecule has 0 bridgehead atoms. The Balaban J connectivity index is 0.000000235. The average molecular weight is 1980 g/mol. The quantitative estimate of drug-likeness (QED) is 0.0302. The molecule has 1 saturated heterocycles. The summed E-state index contributed by atoms with van der Waals surface area (Å²) in [6.07, 6.45) is 23.0. The zero-order valence-electron chi connectivity index (χ0n) is 65.8. The Hall–Kier alpha value is -5.81. The number of hydrogen-bond donors (Lipinski definition) is 1. The smallest absolute Gasteiger partial charge is 1.00 e. The van der Waals surface area contributed by atoms with Crippen molar-refractivity contribution >= 4 is 226 Å². The Bertz CT molecular complexity index is 5360. The Morgan fingerprint density at radius 1 is 0.584 bits per heavy atom. The molecule has 591 valence electrons. The molecule has 0 spiro atoms. The number of unbranched alkanes of at least 4 members (excludes halogenated alkanes) is 3. The van der Waals surface area contributed by atoms with Crippen molar-refractivity contribution in [1.82, 2.24) is 46.9 Å². The van der Waals surface area contributed by atoms with E-state index in [0.717, 1.165) is 69.9 Å². The van der Waals surface area contributed by atoms with E-state index >= 15 is 0 Å². The molecule has 113 heavy (non-hydrogen) atoms. The summed E-state index contributed by atoms with van der Waals surface area (Å²) in [7, 11) is 3.91. The van der Waals surface area contributed by atoms with Gasteiger partial charge in [0.05, 0.1) is 48.2 Å². The topological polar surface area (TPSA) is 178 Å². The Kier molecular flexibility index (Phi) is 41.1. The van der Waals surface area contributed by atoms with Crippen molar-refractivity contribution in [3.05, 3.63) is 246 Å². The van der Waals surface area contributed by atoms with Gasteiger partial charge in [0.15, 0.2) is 26.8 Å². The molecular formula is C82H93B2Br4ClF2MgN11O6S3Sn. The van der Waals surface area contributed by atoms with Crippen molar-refractivity contribution in [2.75, 3.05) is 6.61 Å². The van der Waals surface area contributed by atoms with E-state index in [1.54, 1.807) is 24.8 Å². The number of carbonyl (C=O) groups is 3. The van der Waals surface area contributed by atoms with Crippen LogP contribution < -0.4 is 17.9 Å². The van der Waals surface area contributed by atoms with Gasteiger partial charge in [0, 0.05) is 73.5 Å². The van der Waals surface area contributed by atoms with Crippen LogP contribution in [0.3, 0.4) is 0 Å². The third-order valence-corrected chi connectivity index (χ3v) is 37.5. The first-order valence-corrected chi connectivity index (χ1v) is 49.1. The van der Waals surface area contributed by atoms with Gasteiger partial charge in [-0.25, -0.2) is 33.7 Å². The average Bonchev–Trinajstić information content (AvgIpc) is 1.61. The summed E-state index contributed by atoms with van der Waals surface area (Å²) < 4.78 is 67.9. The van der Waals surface area contributed by atoms with Gasteiger partial charge in [-0.05, 0) is 175 Å². The number of benzene rings is 2. The van der Waals surface area contributed by atoms with Crippen LogP contribution in [0.15, 0.2) is 215 Å². The van der Waals surface area contributed by atoms with Crippen LogP contribution in [0.25, 0.3) is 59.1 Å². The number of carbonyl (C=O) groups excluding carboxylic acids is 3. The number of pyridine rings is 5. The van der Waals surface area contributed by atoms with E-state index in [2.05, 4.69) is 148 Å². The predicted octanol–water partition coefficient (Wildman–Crippen LogP) is 20.7. The molecule has 13 heterocycles. The molecule has 0 aliphatic carbocycles. The molecule has 17 nitrogen and oxygen atoms in total. The van der Waals surface area contributed by atoms with Gasteiger partial charge in [-0.3, -0.25) is 27.6 Å². The summed E-state index contributed by atoms with van der Waals surface area (Å²) >= 11 is 17.0. The molecule has 1 radical (unpaired) electrons. The van der Waals surface area contributed by atoms with Crippen LogP contribution in [0, 0.1) is 18.1 Å². The van der Waals surface area contributed by atoms with Gasteiger partial charge < -0.3 is 36.9 Å². The molecule has 0 unspecified atom stereocenters. The van der Waals surface area contributed by atoms with Crippen molar-refractivity contribution in [2.24, 2.45) is 4.30 Å². The number of imidazole rings is 5. The van der Waals surface area contributed by atoms with E-state index in [9.17, 15) is 23.2 Å². The van der Waals surface area contributed by atoms with Crippen molar-refractivity contribution in [1.29, 1.82) is 0 Å². The molecule has 0 N–H and O–H groups in total. The molecule has 1 aliphatic rings. The second-order valence-corrected chi connectivity index (χ2v) is 44.7. The molecule has 15 rings (SSSR count). The van der Waals surface area contributed by atoms with Crippen molar-refractivity contribution < 1.29 is 49.6 Å². The number of aromatic nitrogens is 10.